The Labute approximate surface area is 158 Å². The van der Waals surface area contributed by atoms with E-state index in [1.165, 1.54) is 11.3 Å². The van der Waals surface area contributed by atoms with Crippen LogP contribution >= 0.6 is 27.3 Å². The smallest absolute Gasteiger partial charge is 0.318 e. The largest absolute Gasteiger partial charge is 0.338 e. The zero-order chi connectivity index (χ0) is 17.8. The molecule has 1 saturated heterocycles. The molecule has 2 heterocycles. The number of benzene rings is 1. The van der Waals surface area contributed by atoms with Gasteiger partial charge in [0.2, 0.25) is 11.0 Å². The molecule has 3 rings (SSSR count). The van der Waals surface area contributed by atoms with Crippen LogP contribution < -0.4 is 10.6 Å². The van der Waals surface area contributed by atoms with Crippen LogP contribution in [-0.4, -0.2) is 46.2 Å². The molecular formula is C16H18BrN5O2S. The van der Waals surface area contributed by atoms with Gasteiger partial charge < -0.3 is 10.2 Å². The third-order valence-corrected chi connectivity index (χ3v) is 5.25. The van der Waals surface area contributed by atoms with Crippen molar-refractivity contribution in [2.24, 2.45) is 0 Å². The van der Waals surface area contributed by atoms with Crippen molar-refractivity contribution < 1.29 is 9.59 Å². The summed E-state index contributed by atoms with van der Waals surface area (Å²) < 4.78 is 0.953. The molecule has 1 aromatic carbocycles. The van der Waals surface area contributed by atoms with Gasteiger partial charge in [-0.2, -0.15) is 0 Å². The van der Waals surface area contributed by atoms with Gasteiger partial charge in [-0.25, -0.2) is 4.79 Å². The van der Waals surface area contributed by atoms with Crippen LogP contribution in [0.1, 0.15) is 19.8 Å². The quantitative estimate of drug-likeness (QED) is 0.790. The highest BCUT2D eigenvalue weighted by atomic mass is 79.9. The van der Waals surface area contributed by atoms with Crippen LogP contribution in [0.15, 0.2) is 28.7 Å². The Morgan fingerprint density at radius 2 is 2.24 bits per heavy atom. The van der Waals surface area contributed by atoms with Gasteiger partial charge in [-0.3, -0.25) is 10.1 Å². The highest BCUT2D eigenvalue weighted by Gasteiger charge is 2.34. The number of urea groups is 1. The molecule has 1 fully saturated rings. The second-order valence-electron chi connectivity index (χ2n) is 5.60. The highest BCUT2D eigenvalue weighted by Crippen LogP contribution is 2.28. The number of rotatable bonds is 4. The maximum Gasteiger partial charge on any atom is 0.318 e. The maximum absolute atomic E-state index is 12.5. The molecule has 1 aromatic heterocycles. The lowest BCUT2D eigenvalue weighted by atomic mass is 10.2. The Morgan fingerprint density at radius 3 is 3.00 bits per heavy atom. The van der Waals surface area contributed by atoms with Crippen LogP contribution in [-0.2, 0) is 4.79 Å². The average Bonchev–Trinajstić information content (AvgIpc) is 3.24. The number of carbonyl (C=O) groups excluding carboxylic acids is 2. The number of nitrogens with one attached hydrogen (secondary N) is 2. The molecule has 0 bridgehead atoms. The molecule has 7 nitrogen and oxygen atoms in total. The summed E-state index contributed by atoms with van der Waals surface area (Å²) in [6.07, 6.45) is 1.47. The minimum Gasteiger partial charge on any atom is -0.338 e. The number of hydrogen-bond donors (Lipinski definition) is 2. The number of carbonyl (C=O) groups is 2. The molecule has 0 saturated carbocycles. The molecule has 132 valence electrons. The van der Waals surface area contributed by atoms with Crippen LogP contribution in [0, 0.1) is 0 Å². The van der Waals surface area contributed by atoms with Crippen LogP contribution in [0.2, 0.25) is 0 Å². The molecule has 0 aliphatic carbocycles. The van der Waals surface area contributed by atoms with Crippen molar-refractivity contribution in [2.45, 2.75) is 25.8 Å². The molecule has 25 heavy (non-hydrogen) atoms. The molecule has 3 amide bonds. The van der Waals surface area contributed by atoms with Crippen molar-refractivity contribution in [3.63, 3.8) is 0 Å². The molecule has 1 aliphatic heterocycles. The van der Waals surface area contributed by atoms with E-state index < -0.39 is 6.04 Å². The zero-order valence-corrected chi connectivity index (χ0v) is 16.1. The van der Waals surface area contributed by atoms with Crippen molar-refractivity contribution >= 4 is 44.3 Å². The molecule has 1 aliphatic rings. The Bertz CT molecular complexity index is 781. The minimum absolute atomic E-state index is 0.202. The fourth-order valence-electron chi connectivity index (χ4n) is 2.74. The topological polar surface area (TPSA) is 87.2 Å². The van der Waals surface area contributed by atoms with Crippen molar-refractivity contribution in [3.05, 3.63) is 28.7 Å². The Kier molecular flexibility index (Phi) is 5.64. The van der Waals surface area contributed by atoms with E-state index in [0.717, 1.165) is 21.5 Å². The first-order chi connectivity index (χ1) is 12.1. The van der Waals surface area contributed by atoms with E-state index in [-0.39, 0.29) is 11.9 Å². The Morgan fingerprint density at radius 1 is 1.40 bits per heavy atom. The molecule has 2 N–H and O–H groups in total. The normalized spacial score (nSPS) is 16.7. The van der Waals surface area contributed by atoms with Crippen molar-refractivity contribution in [3.8, 4) is 10.6 Å². The lowest BCUT2D eigenvalue weighted by Crippen LogP contribution is -2.47. The minimum atomic E-state index is -0.468. The SMILES string of the molecule is CCNC(=O)N1CCCC1C(=O)Nc1nnc(-c2cccc(Br)c2)s1. The monoisotopic (exact) mass is 423 g/mol. The van der Waals surface area contributed by atoms with E-state index in [0.29, 0.717) is 24.6 Å². The van der Waals surface area contributed by atoms with E-state index in [1.54, 1.807) is 4.90 Å². The van der Waals surface area contributed by atoms with E-state index in [1.807, 2.05) is 31.2 Å². The van der Waals surface area contributed by atoms with Gasteiger partial charge in [-0.1, -0.05) is 39.4 Å². The van der Waals surface area contributed by atoms with Crippen LogP contribution in [0.4, 0.5) is 9.93 Å². The first-order valence-corrected chi connectivity index (χ1v) is 9.64. The lowest BCUT2D eigenvalue weighted by Gasteiger charge is -2.23. The summed E-state index contributed by atoms with van der Waals surface area (Å²) in [5.41, 5.74) is 0.928. The van der Waals surface area contributed by atoms with Gasteiger partial charge in [0.1, 0.15) is 11.0 Å². The standard InChI is InChI=1S/C16H18BrN5O2S/c1-2-18-16(24)22-8-4-7-12(22)13(23)19-15-21-20-14(25-15)10-5-3-6-11(17)9-10/h3,5-6,9,12H,2,4,7-8H2,1H3,(H,18,24)(H,19,21,23). The fourth-order valence-corrected chi connectivity index (χ4v) is 3.88. The molecule has 0 spiro atoms. The Hall–Kier alpha value is -2.00. The first kappa shape index (κ1) is 17.8. The average molecular weight is 424 g/mol. The third kappa shape index (κ3) is 4.16. The number of hydrogen-bond acceptors (Lipinski definition) is 5. The Balaban J connectivity index is 1.68. The molecule has 1 unspecified atom stereocenters. The number of nitrogens with zero attached hydrogens (tertiary/aromatic N) is 3. The molecule has 2 aromatic rings. The highest BCUT2D eigenvalue weighted by molar-refractivity contribution is 9.10. The van der Waals surface area contributed by atoms with Gasteiger partial charge in [-0.15, -0.1) is 10.2 Å². The summed E-state index contributed by atoms with van der Waals surface area (Å²) in [6.45, 7) is 2.98. The summed E-state index contributed by atoms with van der Waals surface area (Å²) >= 11 is 4.73. The van der Waals surface area contributed by atoms with Crippen molar-refractivity contribution in [1.29, 1.82) is 0 Å². The van der Waals surface area contributed by atoms with E-state index >= 15 is 0 Å². The number of aromatic nitrogens is 2. The number of halogens is 1. The molecular weight excluding hydrogens is 406 g/mol. The van der Waals surface area contributed by atoms with E-state index in [9.17, 15) is 9.59 Å². The van der Waals surface area contributed by atoms with Crippen LogP contribution in [0.25, 0.3) is 10.6 Å². The maximum atomic E-state index is 12.5. The fraction of sp³-hybridized carbons (Fsp3) is 0.375. The second kappa shape index (κ2) is 7.92. The molecule has 1 atom stereocenters. The number of amides is 3. The van der Waals surface area contributed by atoms with Crippen molar-refractivity contribution in [2.75, 3.05) is 18.4 Å². The second-order valence-corrected chi connectivity index (χ2v) is 7.49. The molecule has 0 radical (unpaired) electrons. The predicted octanol–water partition coefficient (Wildman–Crippen LogP) is 3.10. The summed E-state index contributed by atoms with van der Waals surface area (Å²) in [7, 11) is 0. The molecule has 9 heteroatoms. The van der Waals surface area contributed by atoms with Gasteiger partial charge >= 0.3 is 6.03 Å². The summed E-state index contributed by atoms with van der Waals surface area (Å²) in [6, 6.07) is 7.06. The van der Waals surface area contributed by atoms with Gasteiger partial charge in [-0.05, 0) is 31.9 Å². The zero-order valence-electron chi connectivity index (χ0n) is 13.7. The summed E-state index contributed by atoms with van der Waals surface area (Å²) in [5.74, 6) is -0.222. The summed E-state index contributed by atoms with van der Waals surface area (Å²) in [4.78, 5) is 26.1. The van der Waals surface area contributed by atoms with Gasteiger partial charge in [0.15, 0.2) is 0 Å². The van der Waals surface area contributed by atoms with Gasteiger partial charge in [0.25, 0.3) is 0 Å². The first-order valence-electron chi connectivity index (χ1n) is 8.03. The van der Waals surface area contributed by atoms with Crippen molar-refractivity contribution in [1.82, 2.24) is 20.4 Å². The lowest BCUT2D eigenvalue weighted by molar-refractivity contribution is -0.119. The van der Waals surface area contributed by atoms with Crippen LogP contribution in [0.3, 0.4) is 0 Å². The van der Waals surface area contributed by atoms with E-state index in [4.69, 9.17) is 0 Å². The third-order valence-electron chi connectivity index (χ3n) is 3.87. The predicted molar refractivity (Wildman–Crippen MR) is 100 cm³/mol. The van der Waals surface area contributed by atoms with Gasteiger partial charge in [0.05, 0.1) is 0 Å². The summed E-state index contributed by atoms with van der Waals surface area (Å²) in [5, 5.41) is 14.9. The number of likely N-dealkylation sites (tertiary alicyclic amines) is 1. The van der Waals surface area contributed by atoms with Crippen LogP contribution in [0.5, 0.6) is 0 Å². The van der Waals surface area contributed by atoms with E-state index in [2.05, 4.69) is 36.8 Å². The number of anilines is 1. The van der Waals surface area contributed by atoms with Gasteiger partial charge in [0, 0.05) is 23.1 Å².